The van der Waals surface area contributed by atoms with Crippen LogP contribution in [0.1, 0.15) is 11.0 Å². The average Bonchev–Trinajstić information content (AvgIpc) is 3.34. The Kier molecular flexibility index (Phi) is 2.58. The van der Waals surface area contributed by atoms with Crippen LogP contribution in [0.3, 0.4) is 0 Å². The molecule has 7 aromatic rings. The van der Waals surface area contributed by atoms with Crippen LogP contribution in [0.2, 0.25) is 0 Å². The van der Waals surface area contributed by atoms with Gasteiger partial charge in [-0.25, -0.2) is 0 Å². The molecule has 0 saturated carbocycles. The van der Waals surface area contributed by atoms with E-state index in [4.69, 9.17) is 11.0 Å². The molecule has 0 aliphatic carbocycles. The van der Waals surface area contributed by atoms with Crippen molar-refractivity contribution in [2.45, 2.75) is 0 Å². The molecule has 0 radical (unpaired) electrons. The number of nitrogens with zero attached hydrogens (tertiary/aromatic N) is 1. The van der Waals surface area contributed by atoms with E-state index >= 15 is 0 Å². The van der Waals surface area contributed by atoms with Crippen LogP contribution in [0.4, 0.5) is 0 Å². The summed E-state index contributed by atoms with van der Waals surface area (Å²) in [4.78, 5) is 0. The molecule has 1 heterocycles. The van der Waals surface area contributed by atoms with Gasteiger partial charge in [-0.3, -0.25) is 0 Å². The van der Waals surface area contributed by atoms with Crippen molar-refractivity contribution in [3.63, 3.8) is 0 Å². The van der Waals surface area contributed by atoms with Crippen molar-refractivity contribution in [1.82, 2.24) is 4.57 Å². The molecule has 154 valence electrons. The van der Waals surface area contributed by atoms with Gasteiger partial charge in [-0.1, -0.05) is 103 Å². The summed E-state index contributed by atoms with van der Waals surface area (Å²) in [6, 6.07) is 22.3. The second kappa shape index (κ2) is 7.08. The fourth-order valence-corrected chi connectivity index (χ4v) is 4.86. The van der Waals surface area contributed by atoms with Crippen molar-refractivity contribution in [2.75, 3.05) is 0 Å². The fraction of sp³-hybridized carbons (Fsp3) is 0. The van der Waals surface area contributed by atoms with Crippen molar-refractivity contribution in [1.29, 1.82) is 0 Å². The third-order valence-corrected chi connectivity index (χ3v) is 6.20. The third kappa shape index (κ3) is 2.66. The Bertz CT molecular complexity index is 2160. The van der Waals surface area contributed by atoms with Gasteiger partial charge in [0.1, 0.15) is 0 Å². The molecule has 1 aromatic heterocycles. The highest BCUT2D eigenvalue weighted by molar-refractivity contribution is 6.20. The van der Waals surface area contributed by atoms with Crippen molar-refractivity contribution >= 4 is 43.4 Å². The Hall–Kier alpha value is -4.36. The van der Waals surface area contributed by atoms with Gasteiger partial charge in [0, 0.05) is 22.0 Å². The van der Waals surface area contributed by atoms with E-state index in [1.165, 1.54) is 6.07 Å². The Labute approximate surface area is 203 Å². The van der Waals surface area contributed by atoms with Crippen LogP contribution in [0.5, 0.6) is 0 Å². The van der Waals surface area contributed by atoms with E-state index in [1.54, 1.807) is 0 Å². The van der Waals surface area contributed by atoms with Gasteiger partial charge in [0.15, 0.2) is 0 Å². The van der Waals surface area contributed by atoms with Gasteiger partial charge in [0.2, 0.25) is 0 Å². The number of para-hydroxylation sites is 3. The minimum absolute atomic E-state index is 0.197. The van der Waals surface area contributed by atoms with E-state index in [9.17, 15) is 0 Å². The van der Waals surface area contributed by atoms with Crippen LogP contribution < -0.4 is 0 Å². The topological polar surface area (TPSA) is 4.93 Å². The van der Waals surface area contributed by atoms with E-state index < -0.39 is 24.2 Å². The van der Waals surface area contributed by atoms with E-state index in [0.717, 1.165) is 27.5 Å². The number of hydrogen-bond donors (Lipinski definition) is 0. The normalized spacial score (nSPS) is 15.0. The Morgan fingerprint density at radius 3 is 1.94 bits per heavy atom. The molecule has 1 heteroatoms. The summed E-state index contributed by atoms with van der Waals surface area (Å²) in [5.74, 6) is 0. The smallest absolute Gasteiger partial charge is 0.0629 e. The predicted molar refractivity (Wildman–Crippen MR) is 141 cm³/mol. The lowest BCUT2D eigenvalue weighted by molar-refractivity contribution is 1.18. The molecule has 0 bridgehead atoms. The number of fused-ring (bicyclic) bond motifs is 5. The minimum Gasteiger partial charge on any atom is -0.309 e. The molecule has 0 N–H and O–H groups in total. The Balaban J connectivity index is 1.83. The second-order valence-electron chi connectivity index (χ2n) is 7.99. The molecule has 0 amide bonds. The summed E-state index contributed by atoms with van der Waals surface area (Å²) in [6.45, 7) is 0. The first kappa shape index (κ1) is 12.0. The summed E-state index contributed by atoms with van der Waals surface area (Å²) in [7, 11) is 0. The van der Waals surface area contributed by atoms with Gasteiger partial charge in [0.05, 0.1) is 22.0 Å². The maximum atomic E-state index is 8.95. The van der Waals surface area contributed by atoms with E-state index in [0.29, 0.717) is 11.1 Å². The molecule has 0 aliphatic rings. The zero-order valence-corrected chi connectivity index (χ0v) is 17.5. The van der Waals surface area contributed by atoms with Crippen LogP contribution in [-0.2, 0) is 0 Å². The van der Waals surface area contributed by atoms with Crippen molar-refractivity contribution < 1.29 is 11.0 Å². The van der Waals surface area contributed by atoms with E-state index in [2.05, 4.69) is 4.57 Å². The lowest BCUT2D eigenvalue weighted by atomic mass is 9.91. The first-order valence-corrected chi connectivity index (χ1v) is 10.7. The van der Waals surface area contributed by atoms with Crippen molar-refractivity contribution in [3.05, 3.63) is 127 Å². The SMILES string of the molecule is [2H]c1c([2H])c([2H])c2c(-c3cccc4c5ccccc5n(-c5ccccc5)c34)c3c([2H])c([2H])c([2H])c([2H])c3cc2c1[2H]. The number of rotatable bonds is 2. The Morgan fingerprint density at radius 1 is 0.545 bits per heavy atom. The monoisotopic (exact) mass is 427 g/mol. The molecule has 6 aromatic carbocycles. The van der Waals surface area contributed by atoms with E-state index in [1.807, 2.05) is 72.8 Å². The van der Waals surface area contributed by atoms with E-state index in [-0.39, 0.29) is 45.7 Å². The van der Waals surface area contributed by atoms with Gasteiger partial charge in [-0.05, 0) is 51.4 Å². The first-order valence-electron chi connectivity index (χ1n) is 14.7. The second-order valence-corrected chi connectivity index (χ2v) is 7.99. The predicted octanol–water partition coefficient (Wildman–Crippen LogP) is 8.76. The summed E-state index contributed by atoms with van der Waals surface area (Å²) >= 11 is 0. The molecule has 0 spiro atoms. The molecule has 0 atom stereocenters. The molecule has 0 fully saturated rings. The summed E-state index contributed by atoms with van der Waals surface area (Å²) in [5, 5.41) is 2.72. The molecule has 0 saturated heterocycles. The molecular formula is C32H21N. The zero-order chi connectivity index (χ0) is 28.7. The lowest BCUT2D eigenvalue weighted by Gasteiger charge is -2.16. The average molecular weight is 428 g/mol. The highest BCUT2D eigenvalue weighted by atomic mass is 15.0. The summed E-state index contributed by atoms with van der Waals surface area (Å²) in [5.41, 5.74) is 3.55. The highest BCUT2D eigenvalue weighted by Gasteiger charge is 2.18. The van der Waals surface area contributed by atoms with Gasteiger partial charge < -0.3 is 4.57 Å². The molecule has 0 aliphatic heterocycles. The highest BCUT2D eigenvalue weighted by Crippen LogP contribution is 2.43. The third-order valence-electron chi connectivity index (χ3n) is 6.20. The Morgan fingerprint density at radius 2 is 1.18 bits per heavy atom. The maximum absolute atomic E-state index is 8.95. The first-order chi connectivity index (χ1) is 19.7. The largest absolute Gasteiger partial charge is 0.309 e. The summed E-state index contributed by atoms with van der Waals surface area (Å²) in [6.07, 6.45) is 0. The van der Waals surface area contributed by atoms with Gasteiger partial charge in [-0.15, -0.1) is 0 Å². The van der Waals surface area contributed by atoms with Crippen molar-refractivity contribution in [3.8, 4) is 16.8 Å². The van der Waals surface area contributed by atoms with Crippen LogP contribution in [-0.4, -0.2) is 4.57 Å². The van der Waals surface area contributed by atoms with Crippen LogP contribution in [0.15, 0.2) is 127 Å². The van der Waals surface area contributed by atoms with Crippen LogP contribution in [0.25, 0.3) is 60.2 Å². The summed E-state index contributed by atoms with van der Waals surface area (Å²) < 4.78 is 71.1. The van der Waals surface area contributed by atoms with Crippen molar-refractivity contribution in [2.24, 2.45) is 0 Å². The fourth-order valence-electron chi connectivity index (χ4n) is 4.86. The van der Waals surface area contributed by atoms with Crippen LogP contribution >= 0.6 is 0 Å². The standard InChI is InChI=1S/C32H21N/c1-2-13-24(14-3-1)33-30-20-9-8-17-27(30)28-18-10-19-29(32(28)33)31-25-15-6-4-11-22(25)21-23-12-5-7-16-26(23)31/h1-21H/i4D,5D,6D,7D,11D,12D,15D,16D. The number of hydrogen-bond acceptors (Lipinski definition) is 0. The number of benzene rings is 6. The zero-order valence-electron chi connectivity index (χ0n) is 25.5. The lowest BCUT2D eigenvalue weighted by Crippen LogP contribution is -1.96. The molecule has 0 unspecified atom stereocenters. The van der Waals surface area contributed by atoms with Gasteiger partial charge in [0.25, 0.3) is 0 Å². The quantitative estimate of drug-likeness (QED) is 0.243. The molecule has 1 nitrogen and oxygen atoms in total. The van der Waals surface area contributed by atoms with Gasteiger partial charge >= 0.3 is 0 Å². The van der Waals surface area contributed by atoms with Crippen LogP contribution in [0, 0.1) is 0 Å². The molecular weight excluding hydrogens is 398 g/mol. The van der Waals surface area contributed by atoms with Gasteiger partial charge in [-0.2, -0.15) is 0 Å². The molecule has 33 heavy (non-hydrogen) atoms. The number of aromatic nitrogens is 1. The minimum atomic E-state index is -0.403. The molecule has 7 rings (SSSR count). The maximum Gasteiger partial charge on any atom is 0.0629 e.